The van der Waals surface area contributed by atoms with Crippen LogP contribution in [0.1, 0.15) is 50.2 Å². The van der Waals surface area contributed by atoms with E-state index in [2.05, 4.69) is 21.4 Å². The maximum absolute atomic E-state index is 11.7. The van der Waals surface area contributed by atoms with Crippen LogP contribution in [0.25, 0.3) is 0 Å². The van der Waals surface area contributed by atoms with Gasteiger partial charge in [-0.25, -0.2) is 0 Å². The van der Waals surface area contributed by atoms with Gasteiger partial charge in [0.2, 0.25) is 11.8 Å². The zero-order valence-corrected chi connectivity index (χ0v) is 12.7. The maximum Gasteiger partial charge on any atom is 0.236 e. The van der Waals surface area contributed by atoms with Gasteiger partial charge in [0.25, 0.3) is 0 Å². The monoisotopic (exact) mass is 299 g/mol. The number of rotatable bonds is 4. The summed E-state index contributed by atoms with van der Waals surface area (Å²) in [5, 5.41) is 6.86. The van der Waals surface area contributed by atoms with E-state index in [1.807, 2.05) is 0 Å². The summed E-state index contributed by atoms with van der Waals surface area (Å²) in [6.45, 7) is 0.231. The highest BCUT2D eigenvalue weighted by Gasteiger charge is 2.53. The molecule has 0 spiro atoms. The number of carbonyl (C=O) groups is 1. The third kappa shape index (κ3) is 2.31. The van der Waals surface area contributed by atoms with E-state index in [1.165, 1.54) is 38.5 Å². The fraction of sp³-hybridized carbons (Fsp3) is 0.706. The second-order valence-corrected chi connectivity index (χ2v) is 7.37. The molecule has 4 aliphatic carbocycles. The standard InChI is InChI=1S/C17H21N3O2/c1-2-3-18-14(21)7-15-19-16(20-22-15)17-8-11-4-12(9-17)6-13(5-11)10-17/h1,11-13H,3-10H2,(H,18,21). The average molecular weight is 299 g/mol. The number of aromatic nitrogens is 2. The number of hydrogen-bond acceptors (Lipinski definition) is 4. The largest absolute Gasteiger partial charge is 0.345 e. The Hall–Kier alpha value is -1.83. The van der Waals surface area contributed by atoms with Gasteiger partial charge in [-0.2, -0.15) is 4.98 Å². The van der Waals surface area contributed by atoms with Gasteiger partial charge in [-0.3, -0.25) is 4.79 Å². The normalized spacial score (nSPS) is 35.3. The van der Waals surface area contributed by atoms with Crippen molar-refractivity contribution in [1.29, 1.82) is 0 Å². The molecule has 4 saturated carbocycles. The van der Waals surface area contributed by atoms with Crippen LogP contribution in [0.3, 0.4) is 0 Å². The van der Waals surface area contributed by atoms with E-state index in [4.69, 9.17) is 10.9 Å². The van der Waals surface area contributed by atoms with Crippen molar-refractivity contribution in [3.05, 3.63) is 11.7 Å². The molecule has 0 radical (unpaired) electrons. The van der Waals surface area contributed by atoms with Gasteiger partial charge in [-0.05, 0) is 56.3 Å². The number of hydrogen-bond donors (Lipinski definition) is 1. The second-order valence-electron chi connectivity index (χ2n) is 7.37. The molecule has 4 aliphatic rings. The zero-order chi connectivity index (χ0) is 15.2. The summed E-state index contributed by atoms with van der Waals surface area (Å²) in [5.41, 5.74) is 0.117. The minimum absolute atomic E-state index is 0.112. The van der Waals surface area contributed by atoms with Gasteiger partial charge in [0.1, 0.15) is 6.42 Å². The van der Waals surface area contributed by atoms with E-state index in [-0.39, 0.29) is 24.3 Å². The van der Waals surface area contributed by atoms with E-state index >= 15 is 0 Å². The Kier molecular flexibility index (Phi) is 3.21. The first-order valence-corrected chi connectivity index (χ1v) is 8.20. The number of nitrogens with one attached hydrogen (secondary N) is 1. The molecule has 4 fully saturated rings. The van der Waals surface area contributed by atoms with Crippen LogP contribution in [0.15, 0.2) is 4.52 Å². The summed E-state index contributed by atoms with van der Waals surface area (Å²) in [6, 6.07) is 0. The molecule has 5 heteroatoms. The van der Waals surface area contributed by atoms with Crippen LogP contribution in [-0.2, 0) is 16.6 Å². The third-order valence-electron chi connectivity index (χ3n) is 5.68. The van der Waals surface area contributed by atoms with Crippen molar-refractivity contribution in [2.75, 3.05) is 6.54 Å². The second kappa shape index (κ2) is 5.12. The third-order valence-corrected chi connectivity index (χ3v) is 5.68. The quantitative estimate of drug-likeness (QED) is 0.861. The fourth-order valence-electron chi connectivity index (χ4n) is 5.28. The van der Waals surface area contributed by atoms with Gasteiger partial charge in [-0.1, -0.05) is 11.1 Å². The van der Waals surface area contributed by atoms with Crippen LogP contribution >= 0.6 is 0 Å². The van der Waals surface area contributed by atoms with Crippen molar-refractivity contribution in [2.24, 2.45) is 17.8 Å². The van der Waals surface area contributed by atoms with E-state index in [9.17, 15) is 4.79 Å². The maximum atomic E-state index is 11.7. The lowest BCUT2D eigenvalue weighted by molar-refractivity contribution is -0.120. The number of carbonyl (C=O) groups excluding carboxylic acids is 1. The summed E-state index contributed by atoms with van der Waals surface area (Å²) in [4.78, 5) is 16.3. The molecular formula is C17H21N3O2. The van der Waals surface area contributed by atoms with E-state index in [0.717, 1.165) is 23.6 Å². The van der Waals surface area contributed by atoms with Gasteiger partial charge < -0.3 is 9.84 Å². The lowest BCUT2D eigenvalue weighted by Gasteiger charge is -2.55. The first-order chi connectivity index (χ1) is 10.7. The van der Waals surface area contributed by atoms with Crippen LogP contribution in [0, 0.1) is 30.1 Å². The Labute approximate surface area is 130 Å². The highest BCUT2D eigenvalue weighted by Crippen LogP contribution is 2.60. The number of nitrogens with zero attached hydrogens (tertiary/aromatic N) is 2. The molecule has 4 bridgehead atoms. The van der Waals surface area contributed by atoms with Crippen molar-refractivity contribution in [2.45, 2.75) is 50.4 Å². The molecule has 1 heterocycles. The summed E-state index contributed by atoms with van der Waals surface area (Å²) in [7, 11) is 0. The van der Waals surface area contributed by atoms with Crippen LogP contribution in [0.4, 0.5) is 0 Å². The minimum atomic E-state index is -0.168. The molecule has 116 valence electrons. The summed E-state index contributed by atoms with van der Waals surface area (Å²) >= 11 is 0. The van der Waals surface area contributed by atoms with Crippen LogP contribution < -0.4 is 5.32 Å². The molecule has 5 rings (SSSR count). The van der Waals surface area contributed by atoms with Gasteiger partial charge in [-0.15, -0.1) is 6.42 Å². The molecule has 0 aromatic carbocycles. The first kappa shape index (κ1) is 13.8. The highest BCUT2D eigenvalue weighted by molar-refractivity contribution is 5.77. The summed E-state index contributed by atoms with van der Waals surface area (Å²) in [6.07, 6.45) is 13.0. The predicted octanol–water partition coefficient (Wildman–Crippen LogP) is 1.83. The van der Waals surface area contributed by atoms with Crippen LogP contribution in [0.2, 0.25) is 0 Å². The van der Waals surface area contributed by atoms with E-state index in [0.29, 0.717) is 5.89 Å². The van der Waals surface area contributed by atoms with Crippen molar-refractivity contribution in [1.82, 2.24) is 15.5 Å². The first-order valence-electron chi connectivity index (χ1n) is 8.20. The van der Waals surface area contributed by atoms with Crippen LogP contribution in [-0.4, -0.2) is 22.6 Å². The van der Waals surface area contributed by atoms with Crippen LogP contribution in [0.5, 0.6) is 0 Å². The lowest BCUT2D eigenvalue weighted by atomic mass is 9.49. The Morgan fingerprint density at radius 3 is 2.50 bits per heavy atom. The smallest absolute Gasteiger partial charge is 0.236 e. The van der Waals surface area contributed by atoms with E-state index < -0.39 is 0 Å². The predicted molar refractivity (Wildman–Crippen MR) is 79.7 cm³/mol. The molecule has 1 N–H and O–H groups in total. The van der Waals surface area contributed by atoms with Gasteiger partial charge >= 0.3 is 0 Å². The fourth-order valence-corrected chi connectivity index (χ4v) is 5.28. The Bertz CT molecular complexity index is 593. The molecule has 1 aromatic heterocycles. The van der Waals surface area contributed by atoms with Crippen molar-refractivity contribution in [3.8, 4) is 12.3 Å². The summed E-state index contributed by atoms with van der Waals surface area (Å²) in [5.74, 6) is 5.97. The SMILES string of the molecule is C#CCNC(=O)Cc1nc(C23CC4CC(CC(C4)C2)C3)no1. The molecule has 0 unspecified atom stereocenters. The molecule has 1 aromatic rings. The zero-order valence-electron chi connectivity index (χ0n) is 12.7. The highest BCUT2D eigenvalue weighted by atomic mass is 16.5. The summed E-state index contributed by atoms with van der Waals surface area (Å²) < 4.78 is 5.33. The Morgan fingerprint density at radius 2 is 1.91 bits per heavy atom. The topological polar surface area (TPSA) is 68.0 Å². The minimum Gasteiger partial charge on any atom is -0.345 e. The van der Waals surface area contributed by atoms with Crippen molar-refractivity contribution >= 4 is 5.91 Å². The Balaban J connectivity index is 1.50. The number of amides is 1. The molecule has 0 saturated heterocycles. The average Bonchev–Trinajstić information content (AvgIpc) is 2.93. The molecular weight excluding hydrogens is 278 g/mol. The van der Waals surface area contributed by atoms with Crippen molar-refractivity contribution in [3.63, 3.8) is 0 Å². The molecule has 22 heavy (non-hydrogen) atoms. The number of terminal acetylenes is 1. The van der Waals surface area contributed by atoms with Crippen molar-refractivity contribution < 1.29 is 9.32 Å². The van der Waals surface area contributed by atoms with Gasteiger partial charge in [0, 0.05) is 5.41 Å². The van der Waals surface area contributed by atoms with E-state index in [1.54, 1.807) is 0 Å². The molecule has 5 nitrogen and oxygen atoms in total. The Morgan fingerprint density at radius 1 is 1.27 bits per heavy atom. The molecule has 0 aliphatic heterocycles. The molecule has 0 atom stereocenters. The molecule has 1 amide bonds. The lowest BCUT2D eigenvalue weighted by Crippen LogP contribution is -2.49. The van der Waals surface area contributed by atoms with Gasteiger partial charge in [0.15, 0.2) is 5.82 Å². The van der Waals surface area contributed by atoms with Gasteiger partial charge in [0.05, 0.1) is 6.54 Å².